The van der Waals surface area contributed by atoms with Gasteiger partial charge in [-0.3, -0.25) is 9.59 Å². The number of nitrogens with zero attached hydrogens (tertiary/aromatic N) is 1. The van der Waals surface area contributed by atoms with Gasteiger partial charge in [0.25, 0.3) is 11.8 Å². The standard InChI is InChI=1S/C25H24N2O4S/c28-23(27-13-12-19-9-4-5-10-20(19)16-27)17-31-25(30)21(15-18-7-2-1-3-8-18)26-24(29)22-11-6-14-32-22/h1-11,14,21H,12-13,15-17H2,(H,26,29)/t21-/m0/s1. The van der Waals surface area contributed by atoms with Gasteiger partial charge in [-0.1, -0.05) is 60.7 Å². The summed E-state index contributed by atoms with van der Waals surface area (Å²) in [7, 11) is 0. The second-order valence-electron chi connectivity index (χ2n) is 7.63. The maximum atomic E-state index is 12.8. The topological polar surface area (TPSA) is 75.7 Å². The maximum absolute atomic E-state index is 12.8. The molecule has 0 saturated carbocycles. The van der Waals surface area contributed by atoms with Gasteiger partial charge in [-0.15, -0.1) is 11.3 Å². The van der Waals surface area contributed by atoms with Crippen LogP contribution in [0.4, 0.5) is 0 Å². The minimum absolute atomic E-state index is 0.240. The predicted octanol–water partition coefficient (Wildman–Crippen LogP) is 3.22. The molecule has 1 aromatic heterocycles. The number of rotatable bonds is 7. The maximum Gasteiger partial charge on any atom is 0.329 e. The van der Waals surface area contributed by atoms with Crippen LogP contribution in [0, 0.1) is 0 Å². The van der Waals surface area contributed by atoms with Gasteiger partial charge in [0.15, 0.2) is 6.61 Å². The Labute approximate surface area is 190 Å². The Balaban J connectivity index is 1.38. The first-order valence-electron chi connectivity index (χ1n) is 10.5. The molecule has 0 spiro atoms. The lowest BCUT2D eigenvalue weighted by atomic mass is 10.00. The van der Waals surface area contributed by atoms with E-state index in [0.29, 0.717) is 18.0 Å². The van der Waals surface area contributed by atoms with Gasteiger partial charge in [-0.25, -0.2) is 4.79 Å². The Kier molecular flexibility index (Phi) is 6.97. The number of carbonyl (C=O) groups is 3. The average molecular weight is 449 g/mol. The predicted molar refractivity (Wildman–Crippen MR) is 122 cm³/mol. The third-order valence-electron chi connectivity index (χ3n) is 5.44. The zero-order chi connectivity index (χ0) is 22.3. The molecule has 4 rings (SSSR count). The molecule has 0 fully saturated rings. The highest BCUT2D eigenvalue weighted by Crippen LogP contribution is 2.18. The molecule has 0 unspecified atom stereocenters. The number of fused-ring (bicyclic) bond motifs is 1. The van der Waals surface area contributed by atoms with Crippen molar-refractivity contribution in [3.8, 4) is 0 Å². The van der Waals surface area contributed by atoms with E-state index >= 15 is 0 Å². The molecule has 3 aromatic rings. The molecule has 0 radical (unpaired) electrons. The van der Waals surface area contributed by atoms with Crippen molar-refractivity contribution >= 4 is 29.1 Å². The number of thiophene rings is 1. The van der Waals surface area contributed by atoms with Crippen LogP contribution < -0.4 is 5.32 Å². The van der Waals surface area contributed by atoms with Gasteiger partial charge in [0, 0.05) is 19.5 Å². The second-order valence-corrected chi connectivity index (χ2v) is 8.58. The third-order valence-corrected chi connectivity index (χ3v) is 6.31. The molecule has 0 saturated heterocycles. The van der Waals surface area contributed by atoms with Crippen molar-refractivity contribution in [1.82, 2.24) is 10.2 Å². The van der Waals surface area contributed by atoms with E-state index in [4.69, 9.17) is 4.74 Å². The van der Waals surface area contributed by atoms with Crippen molar-refractivity contribution in [2.24, 2.45) is 0 Å². The number of carbonyl (C=O) groups excluding carboxylic acids is 3. The molecule has 2 aromatic carbocycles. The number of hydrogen-bond acceptors (Lipinski definition) is 5. The van der Waals surface area contributed by atoms with Crippen LogP contribution in [-0.2, 0) is 33.7 Å². The van der Waals surface area contributed by atoms with Crippen LogP contribution in [0.2, 0.25) is 0 Å². The summed E-state index contributed by atoms with van der Waals surface area (Å²) in [5.41, 5.74) is 3.25. The van der Waals surface area contributed by atoms with Gasteiger partial charge in [-0.2, -0.15) is 0 Å². The van der Waals surface area contributed by atoms with Gasteiger partial charge >= 0.3 is 5.97 Å². The molecular weight excluding hydrogens is 424 g/mol. The Morgan fingerprint density at radius 1 is 0.969 bits per heavy atom. The highest BCUT2D eigenvalue weighted by atomic mass is 32.1. The van der Waals surface area contributed by atoms with Crippen LogP contribution in [-0.4, -0.2) is 41.9 Å². The molecular formula is C25H24N2O4S. The molecule has 2 amide bonds. The first-order valence-corrected chi connectivity index (χ1v) is 11.4. The molecule has 0 aliphatic carbocycles. The van der Waals surface area contributed by atoms with E-state index in [1.165, 1.54) is 16.9 Å². The van der Waals surface area contributed by atoms with Crippen LogP contribution >= 0.6 is 11.3 Å². The fourth-order valence-electron chi connectivity index (χ4n) is 3.71. The van der Waals surface area contributed by atoms with Gasteiger partial charge in [-0.05, 0) is 34.6 Å². The summed E-state index contributed by atoms with van der Waals surface area (Å²) in [6, 6.07) is 20.0. The van der Waals surface area contributed by atoms with Crippen molar-refractivity contribution in [3.05, 3.63) is 93.7 Å². The lowest BCUT2D eigenvalue weighted by molar-refractivity contribution is -0.154. The number of hydrogen-bond donors (Lipinski definition) is 1. The molecule has 1 aliphatic rings. The summed E-state index contributed by atoms with van der Waals surface area (Å²) in [6.45, 7) is 0.756. The van der Waals surface area contributed by atoms with Gasteiger partial charge in [0.05, 0.1) is 4.88 Å². The van der Waals surface area contributed by atoms with E-state index in [1.54, 1.807) is 22.4 Å². The summed E-state index contributed by atoms with van der Waals surface area (Å²) >= 11 is 1.30. The molecule has 0 bridgehead atoms. The van der Waals surface area contributed by atoms with Crippen molar-refractivity contribution in [2.45, 2.75) is 25.4 Å². The summed E-state index contributed by atoms with van der Waals surface area (Å²) in [6.07, 6.45) is 1.06. The van der Waals surface area contributed by atoms with Crippen molar-refractivity contribution in [1.29, 1.82) is 0 Å². The quantitative estimate of drug-likeness (QED) is 0.563. The summed E-state index contributed by atoms with van der Waals surface area (Å²) in [5.74, 6) is -1.20. The third kappa shape index (κ3) is 5.42. The summed E-state index contributed by atoms with van der Waals surface area (Å²) in [4.78, 5) is 40.2. The van der Waals surface area contributed by atoms with Crippen LogP contribution in [0.3, 0.4) is 0 Å². The zero-order valence-corrected chi connectivity index (χ0v) is 18.3. The monoisotopic (exact) mass is 448 g/mol. The average Bonchev–Trinajstić information content (AvgIpc) is 3.37. The van der Waals surface area contributed by atoms with E-state index in [0.717, 1.165) is 17.5 Å². The Morgan fingerprint density at radius 3 is 2.47 bits per heavy atom. The molecule has 2 heterocycles. The molecule has 6 nitrogen and oxygen atoms in total. The van der Waals surface area contributed by atoms with Crippen molar-refractivity contribution in [2.75, 3.05) is 13.2 Å². The van der Waals surface area contributed by atoms with Crippen LogP contribution in [0.5, 0.6) is 0 Å². The zero-order valence-electron chi connectivity index (χ0n) is 17.5. The SMILES string of the molecule is O=C(N[C@@H](Cc1ccccc1)C(=O)OCC(=O)N1CCc2ccccc2C1)c1cccs1. The fraction of sp³-hybridized carbons (Fsp3) is 0.240. The number of esters is 1. The highest BCUT2D eigenvalue weighted by molar-refractivity contribution is 7.12. The van der Waals surface area contributed by atoms with E-state index < -0.39 is 12.0 Å². The molecule has 1 aliphatic heterocycles. The van der Waals surface area contributed by atoms with Crippen LogP contribution in [0.1, 0.15) is 26.4 Å². The van der Waals surface area contributed by atoms with Gasteiger partial charge in [0.2, 0.25) is 0 Å². The highest BCUT2D eigenvalue weighted by Gasteiger charge is 2.26. The molecule has 1 atom stereocenters. The minimum atomic E-state index is -0.887. The largest absolute Gasteiger partial charge is 0.454 e. The lowest BCUT2D eigenvalue weighted by Gasteiger charge is -2.29. The number of amides is 2. The Hall–Kier alpha value is -3.45. The van der Waals surface area contributed by atoms with Crippen LogP contribution in [0.25, 0.3) is 0 Å². The van der Waals surface area contributed by atoms with E-state index in [9.17, 15) is 14.4 Å². The van der Waals surface area contributed by atoms with Crippen molar-refractivity contribution in [3.63, 3.8) is 0 Å². The van der Waals surface area contributed by atoms with E-state index in [2.05, 4.69) is 11.4 Å². The van der Waals surface area contributed by atoms with E-state index in [-0.39, 0.29) is 24.8 Å². The van der Waals surface area contributed by atoms with Gasteiger partial charge < -0.3 is 15.0 Å². The Bertz CT molecular complexity index is 1080. The first kappa shape index (κ1) is 21.8. The number of ether oxygens (including phenoxy) is 1. The minimum Gasteiger partial charge on any atom is -0.454 e. The molecule has 7 heteroatoms. The number of nitrogens with one attached hydrogen (secondary N) is 1. The molecule has 164 valence electrons. The first-order chi connectivity index (χ1) is 15.6. The normalized spacial score (nSPS) is 13.7. The van der Waals surface area contributed by atoms with E-state index in [1.807, 2.05) is 48.5 Å². The lowest BCUT2D eigenvalue weighted by Crippen LogP contribution is -2.45. The second kappa shape index (κ2) is 10.2. The Morgan fingerprint density at radius 2 is 1.72 bits per heavy atom. The van der Waals surface area contributed by atoms with Crippen molar-refractivity contribution < 1.29 is 19.1 Å². The smallest absolute Gasteiger partial charge is 0.329 e. The molecule has 32 heavy (non-hydrogen) atoms. The van der Waals surface area contributed by atoms with Crippen LogP contribution in [0.15, 0.2) is 72.1 Å². The van der Waals surface area contributed by atoms with Gasteiger partial charge in [0.1, 0.15) is 6.04 Å². The fourth-order valence-corrected chi connectivity index (χ4v) is 4.34. The summed E-state index contributed by atoms with van der Waals surface area (Å²) in [5, 5.41) is 4.56. The number of benzene rings is 2. The summed E-state index contributed by atoms with van der Waals surface area (Å²) < 4.78 is 5.36. The molecule has 1 N–H and O–H groups in total.